The van der Waals surface area contributed by atoms with Crippen molar-refractivity contribution in [2.75, 3.05) is 0 Å². The Kier molecular flexibility index (Phi) is 6.69. The molecule has 0 bridgehead atoms. The number of ether oxygens (including phenoxy) is 1. The van der Waals surface area contributed by atoms with Gasteiger partial charge in [-0.15, -0.1) is 0 Å². The second-order valence-corrected chi connectivity index (χ2v) is 10.9. The molecule has 0 saturated carbocycles. The Labute approximate surface area is 178 Å². The van der Waals surface area contributed by atoms with Gasteiger partial charge in [-0.3, -0.25) is 9.35 Å². The number of benzene rings is 2. The Balaban J connectivity index is 2.17. The second kappa shape index (κ2) is 8.40. The minimum atomic E-state index is -4.29. The van der Waals surface area contributed by atoms with Gasteiger partial charge in [0, 0.05) is 6.42 Å². The van der Waals surface area contributed by atoms with Crippen LogP contribution in [0.1, 0.15) is 64.7 Å². The largest absolute Gasteiger partial charge is 0.507 e. The van der Waals surface area contributed by atoms with E-state index in [2.05, 4.69) is 0 Å². The van der Waals surface area contributed by atoms with E-state index in [1.807, 2.05) is 53.7 Å². The number of carbonyl (C=O) groups is 1. The molecule has 0 atom stereocenters. The third kappa shape index (κ3) is 6.06. The first-order valence-corrected chi connectivity index (χ1v) is 11.2. The summed E-state index contributed by atoms with van der Waals surface area (Å²) >= 11 is 0. The highest BCUT2D eigenvalue weighted by molar-refractivity contribution is 7.85. The van der Waals surface area contributed by atoms with Crippen molar-refractivity contribution in [3.8, 4) is 11.5 Å². The SMILES string of the molecule is CC(C)(C)c1cc(CCC(=O)Oc2ccc(S(=O)(=O)O)cc2)cc(C(C)(C)C)c1O. The molecule has 0 heterocycles. The molecule has 7 heteroatoms. The lowest BCUT2D eigenvalue weighted by molar-refractivity contribution is -0.134. The van der Waals surface area contributed by atoms with Gasteiger partial charge in [0.15, 0.2) is 0 Å². The van der Waals surface area contributed by atoms with Crippen molar-refractivity contribution in [1.29, 1.82) is 0 Å². The van der Waals surface area contributed by atoms with Crippen molar-refractivity contribution in [3.63, 3.8) is 0 Å². The van der Waals surface area contributed by atoms with E-state index in [-0.39, 0.29) is 27.9 Å². The maximum absolute atomic E-state index is 12.3. The van der Waals surface area contributed by atoms with Crippen molar-refractivity contribution >= 4 is 16.1 Å². The summed E-state index contributed by atoms with van der Waals surface area (Å²) in [6, 6.07) is 8.83. The van der Waals surface area contributed by atoms with E-state index in [1.54, 1.807) is 0 Å². The quantitative estimate of drug-likeness (QED) is 0.399. The molecule has 2 aromatic rings. The van der Waals surface area contributed by atoms with Crippen molar-refractivity contribution < 1.29 is 27.6 Å². The van der Waals surface area contributed by atoms with Gasteiger partial charge in [0.25, 0.3) is 10.1 Å². The predicted octanol–water partition coefficient (Wildman–Crippen LogP) is 4.77. The number of phenols is 1. The summed E-state index contributed by atoms with van der Waals surface area (Å²) in [7, 11) is -4.29. The molecule has 164 valence electrons. The summed E-state index contributed by atoms with van der Waals surface area (Å²) in [6.07, 6.45) is 0.562. The van der Waals surface area contributed by atoms with Crippen LogP contribution >= 0.6 is 0 Å². The van der Waals surface area contributed by atoms with Crippen LogP contribution in [0, 0.1) is 0 Å². The third-order valence-electron chi connectivity index (χ3n) is 4.76. The standard InChI is InChI=1S/C23H30O6S/c1-22(2,3)18-13-15(14-19(21(18)25)23(4,5)6)7-12-20(24)29-16-8-10-17(11-9-16)30(26,27)28/h8-11,13-14,25H,7,12H2,1-6H3,(H,26,27,28). The Bertz CT molecular complexity index is 988. The summed E-state index contributed by atoms with van der Waals surface area (Å²) < 4.78 is 36.4. The molecule has 0 aliphatic heterocycles. The number of phenolic OH excluding ortho intramolecular Hbond substituents is 1. The number of aromatic hydroxyl groups is 1. The minimum absolute atomic E-state index is 0.123. The van der Waals surface area contributed by atoms with Crippen LogP contribution in [0.5, 0.6) is 11.5 Å². The molecule has 0 fully saturated rings. The van der Waals surface area contributed by atoms with Crippen LogP contribution in [0.2, 0.25) is 0 Å². The van der Waals surface area contributed by atoms with E-state index < -0.39 is 16.1 Å². The predicted molar refractivity (Wildman–Crippen MR) is 116 cm³/mol. The van der Waals surface area contributed by atoms with E-state index in [0.717, 1.165) is 16.7 Å². The Morgan fingerprint density at radius 2 is 1.40 bits per heavy atom. The van der Waals surface area contributed by atoms with Gasteiger partial charge < -0.3 is 9.84 Å². The smallest absolute Gasteiger partial charge is 0.311 e. The topological polar surface area (TPSA) is 101 Å². The Hall–Kier alpha value is -2.38. The highest BCUT2D eigenvalue weighted by Gasteiger charge is 2.26. The Morgan fingerprint density at radius 3 is 1.80 bits per heavy atom. The fourth-order valence-electron chi connectivity index (χ4n) is 3.09. The first-order chi connectivity index (χ1) is 13.6. The molecule has 0 unspecified atom stereocenters. The van der Waals surface area contributed by atoms with E-state index >= 15 is 0 Å². The van der Waals surface area contributed by atoms with Crippen LogP contribution < -0.4 is 4.74 Å². The van der Waals surface area contributed by atoms with Crippen LogP contribution in [0.3, 0.4) is 0 Å². The molecule has 0 amide bonds. The van der Waals surface area contributed by atoms with Crippen molar-refractivity contribution in [2.45, 2.75) is 70.1 Å². The summed E-state index contributed by atoms with van der Waals surface area (Å²) in [4.78, 5) is 12.0. The molecule has 2 rings (SSSR count). The van der Waals surface area contributed by atoms with Crippen molar-refractivity contribution in [1.82, 2.24) is 0 Å². The Morgan fingerprint density at radius 1 is 0.933 bits per heavy atom. The highest BCUT2D eigenvalue weighted by atomic mass is 32.2. The van der Waals surface area contributed by atoms with E-state index in [9.17, 15) is 18.3 Å². The van der Waals surface area contributed by atoms with Crippen LogP contribution in [0.25, 0.3) is 0 Å². The van der Waals surface area contributed by atoms with Gasteiger partial charge in [-0.05, 0) is 58.2 Å². The average Bonchev–Trinajstić information content (AvgIpc) is 2.58. The molecule has 0 aliphatic rings. The zero-order chi connectivity index (χ0) is 22.9. The van der Waals surface area contributed by atoms with Gasteiger partial charge in [-0.2, -0.15) is 8.42 Å². The fraction of sp³-hybridized carbons (Fsp3) is 0.435. The molecule has 6 nitrogen and oxygen atoms in total. The van der Waals surface area contributed by atoms with Gasteiger partial charge in [-0.25, -0.2) is 0 Å². The lowest BCUT2D eigenvalue weighted by Crippen LogP contribution is -2.18. The number of hydrogen-bond donors (Lipinski definition) is 2. The van der Waals surface area contributed by atoms with Gasteiger partial charge in [0.1, 0.15) is 11.5 Å². The van der Waals surface area contributed by atoms with Gasteiger partial charge >= 0.3 is 5.97 Å². The summed E-state index contributed by atoms with van der Waals surface area (Å²) in [5.41, 5.74) is 2.09. The third-order valence-corrected chi connectivity index (χ3v) is 5.62. The van der Waals surface area contributed by atoms with Gasteiger partial charge in [0.05, 0.1) is 4.90 Å². The van der Waals surface area contributed by atoms with Gasteiger partial charge in [-0.1, -0.05) is 53.7 Å². The summed E-state index contributed by atoms with van der Waals surface area (Å²) in [6.45, 7) is 12.2. The minimum Gasteiger partial charge on any atom is -0.507 e. The molecule has 0 spiro atoms. The first kappa shape index (κ1) is 23.9. The lowest BCUT2D eigenvalue weighted by atomic mass is 9.78. The number of carbonyl (C=O) groups excluding carboxylic acids is 1. The van der Waals surface area contributed by atoms with E-state index in [4.69, 9.17) is 9.29 Å². The van der Waals surface area contributed by atoms with Gasteiger partial charge in [0.2, 0.25) is 0 Å². The molecule has 0 radical (unpaired) electrons. The van der Waals surface area contributed by atoms with Crippen LogP contribution in [0.4, 0.5) is 0 Å². The van der Waals surface area contributed by atoms with Crippen LogP contribution in [-0.4, -0.2) is 24.0 Å². The zero-order valence-corrected chi connectivity index (χ0v) is 19.1. The van der Waals surface area contributed by atoms with E-state index in [0.29, 0.717) is 12.2 Å². The van der Waals surface area contributed by atoms with Crippen LogP contribution in [-0.2, 0) is 32.2 Å². The first-order valence-electron chi connectivity index (χ1n) is 9.74. The zero-order valence-electron chi connectivity index (χ0n) is 18.3. The molecule has 2 aromatic carbocycles. The highest BCUT2D eigenvalue weighted by Crippen LogP contribution is 2.40. The monoisotopic (exact) mass is 434 g/mol. The summed E-state index contributed by atoms with van der Waals surface area (Å²) in [5.74, 6) is 0.0291. The number of aryl methyl sites for hydroxylation is 1. The fourth-order valence-corrected chi connectivity index (χ4v) is 3.57. The summed E-state index contributed by atoms with van der Waals surface area (Å²) in [5, 5.41) is 10.8. The normalized spacial score (nSPS) is 12.6. The number of hydrogen-bond acceptors (Lipinski definition) is 5. The molecule has 0 saturated heterocycles. The molecule has 2 N–H and O–H groups in total. The molecule has 0 aliphatic carbocycles. The van der Waals surface area contributed by atoms with Crippen molar-refractivity contribution in [3.05, 3.63) is 53.1 Å². The van der Waals surface area contributed by atoms with E-state index in [1.165, 1.54) is 24.3 Å². The number of rotatable bonds is 5. The maximum atomic E-state index is 12.3. The molecular weight excluding hydrogens is 404 g/mol. The molecular formula is C23H30O6S. The van der Waals surface area contributed by atoms with Crippen LogP contribution in [0.15, 0.2) is 41.3 Å². The van der Waals surface area contributed by atoms with Crippen molar-refractivity contribution in [2.24, 2.45) is 0 Å². The molecule has 30 heavy (non-hydrogen) atoms. The lowest BCUT2D eigenvalue weighted by Gasteiger charge is -2.28. The second-order valence-electron chi connectivity index (χ2n) is 9.46. The maximum Gasteiger partial charge on any atom is 0.311 e. The average molecular weight is 435 g/mol. The number of esters is 1. The molecule has 0 aromatic heterocycles.